The van der Waals surface area contributed by atoms with Gasteiger partial charge in [0.15, 0.2) is 0 Å². The molecule has 0 aliphatic carbocycles. The maximum atomic E-state index is 12.1. The molecular formula is C37H70N2O6S2. The van der Waals surface area contributed by atoms with Crippen LogP contribution < -0.4 is 10.6 Å². The van der Waals surface area contributed by atoms with Crippen molar-refractivity contribution in [1.82, 2.24) is 10.6 Å². The number of unbranched alkanes of at least 4 members (excludes halogenated alkanes) is 18. The molecular weight excluding hydrogens is 633 g/mol. The topological polar surface area (TPSA) is 133 Å². The molecule has 0 saturated carbocycles. The van der Waals surface area contributed by atoms with E-state index in [1.807, 2.05) is 0 Å². The summed E-state index contributed by atoms with van der Waals surface area (Å²) in [5.74, 6) is -0.510. The quantitative estimate of drug-likeness (QED) is 0.0375. The minimum atomic E-state index is -0.758. The third-order valence-corrected chi connectivity index (χ3v) is 10.9. The summed E-state index contributed by atoms with van der Waals surface area (Å²) in [7, 11) is 0. The second-order valence-corrected chi connectivity index (χ2v) is 15.3. The monoisotopic (exact) mass is 702 g/mol. The van der Waals surface area contributed by atoms with E-state index in [1.54, 1.807) is 0 Å². The number of carboxylic acid groups (broad SMARTS) is 2. The van der Waals surface area contributed by atoms with E-state index < -0.39 is 11.9 Å². The van der Waals surface area contributed by atoms with Gasteiger partial charge >= 0.3 is 11.9 Å². The SMILES string of the molecule is CCCCCCCCCCCCC(CSCCC(=O)NCNC(=O)CCSCC(CCCCCCCCCCCC)C(=O)O)C(=O)O. The number of thioether (sulfide) groups is 2. The van der Waals surface area contributed by atoms with Crippen molar-refractivity contribution in [2.45, 2.75) is 168 Å². The van der Waals surface area contributed by atoms with Crippen molar-refractivity contribution in [3.05, 3.63) is 0 Å². The van der Waals surface area contributed by atoms with E-state index in [1.165, 1.54) is 126 Å². The lowest BCUT2D eigenvalue weighted by Gasteiger charge is -2.12. The summed E-state index contributed by atoms with van der Waals surface area (Å²) in [4.78, 5) is 47.5. The lowest BCUT2D eigenvalue weighted by molar-refractivity contribution is -0.142. The largest absolute Gasteiger partial charge is 0.481 e. The van der Waals surface area contributed by atoms with Crippen LogP contribution >= 0.6 is 23.5 Å². The molecule has 0 fully saturated rings. The first kappa shape index (κ1) is 45.6. The molecule has 47 heavy (non-hydrogen) atoms. The Balaban J connectivity index is 3.82. The molecule has 4 N–H and O–H groups in total. The number of carboxylic acids is 2. The van der Waals surface area contributed by atoms with E-state index >= 15 is 0 Å². The third kappa shape index (κ3) is 31.6. The fourth-order valence-electron chi connectivity index (χ4n) is 5.51. The number of nitrogens with one attached hydrogen (secondary N) is 2. The summed E-state index contributed by atoms with van der Waals surface area (Å²) in [6.45, 7) is 4.52. The van der Waals surface area contributed by atoms with Crippen LogP contribution in [0.3, 0.4) is 0 Å². The van der Waals surface area contributed by atoms with Crippen molar-refractivity contribution in [3.63, 3.8) is 0 Å². The number of amides is 2. The highest BCUT2D eigenvalue weighted by Gasteiger charge is 2.18. The van der Waals surface area contributed by atoms with Gasteiger partial charge in [0.2, 0.25) is 11.8 Å². The zero-order valence-corrected chi connectivity index (χ0v) is 31.6. The lowest BCUT2D eigenvalue weighted by Crippen LogP contribution is -2.37. The van der Waals surface area contributed by atoms with E-state index in [4.69, 9.17) is 0 Å². The van der Waals surface area contributed by atoms with Crippen LogP contribution in [0.1, 0.15) is 168 Å². The molecule has 0 radical (unpaired) electrons. The van der Waals surface area contributed by atoms with Gasteiger partial charge in [0, 0.05) is 35.9 Å². The molecule has 8 nitrogen and oxygen atoms in total. The summed E-state index contributed by atoms with van der Waals surface area (Å²) in [6, 6.07) is 0. The summed E-state index contributed by atoms with van der Waals surface area (Å²) >= 11 is 2.99. The minimum absolute atomic E-state index is 0.0555. The number of rotatable bonds is 36. The first-order valence-electron chi connectivity index (χ1n) is 19.0. The van der Waals surface area contributed by atoms with Crippen LogP contribution in [-0.2, 0) is 19.2 Å². The second-order valence-electron chi connectivity index (χ2n) is 13.0. The van der Waals surface area contributed by atoms with E-state index in [0.717, 1.165) is 25.7 Å². The molecule has 2 amide bonds. The highest BCUT2D eigenvalue weighted by atomic mass is 32.2. The highest BCUT2D eigenvalue weighted by Crippen LogP contribution is 2.20. The molecule has 2 unspecified atom stereocenters. The summed E-state index contributed by atoms with van der Waals surface area (Å²) in [5.41, 5.74) is 0. The molecule has 0 aromatic carbocycles. The molecule has 0 bridgehead atoms. The average molecular weight is 703 g/mol. The molecule has 2 atom stereocenters. The van der Waals surface area contributed by atoms with Crippen LogP contribution in [0.15, 0.2) is 0 Å². The van der Waals surface area contributed by atoms with Crippen LogP contribution in [-0.4, -0.2) is 63.6 Å². The Morgan fingerprint density at radius 3 is 1.09 bits per heavy atom. The van der Waals surface area contributed by atoms with Gasteiger partial charge in [0.05, 0.1) is 18.5 Å². The number of hydrogen-bond donors (Lipinski definition) is 4. The van der Waals surface area contributed by atoms with Gasteiger partial charge in [-0.15, -0.1) is 0 Å². The number of hydrogen-bond acceptors (Lipinski definition) is 6. The van der Waals surface area contributed by atoms with E-state index in [-0.39, 0.29) is 43.2 Å². The van der Waals surface area contributed by atoms with Crippen LogP contribution in [0.25, 0.3) is 0 Å². The molecule has 276 valence electrons. The van der Waals surface area contributed by atoms with Gasteiger partial charge in [-0.2, -0.15) is 23.5 Å². The molecule has 0 rings (SSSR count). The molecule has 0 heterocycles. The van der Waals surface area contributed by atoms with E-state index in [2.05, 4.69) is 24.5 Å². The Morgan fingerprint density at radius 1 is 0.489 bits per heavy atom. The summed E-state index contributed by atoms with van der Waals surface area (Å²) in [6.07, 6.45) is 26.5. The maximum Gasteiger partial charge on any atom is 0.307 e. The van der Waals surface area contributed by atoms with Crippen molar-refractivity contribution < 1.29 is 29.4 Å². The number of carbonyl (C=O) groups is 4. The molecule has 0 aromatic heterocycles. The molecule has 0 spiro atoms. The van der Waals surface area contributed by atoms with Gasteiger partial charge < -0.3 is 20.8 Å². The predicted molar refractivity (Wildman–Crippen MR) is 200 cm³/mol. The Morgan fingerprint density at radius 2 is 0.787 bits per heavy atom. The minimum Gasteiger partial charge on any atom is -0.481 e. The van der Waals surface area contributed by atoms with Gasteiger partial charge in [-0.25, -0.2) is 0 Å². The van der Waals surface area contributed by atoms with Gasteiger partial charge in [0.1, 0.15) is 0 Å². The molecule has 0 aromatic rings. The average Bonchev–Trinajstić information content (AvgIpc) is 3.04. The van der Waals surface area contributed by atoms with Gasteiger partial charge in [-0.1, -0.05) is 142 Å². The Labute approximate surface area is 295 Å². The van der Waals surface area contributed by atoms with Crippen molar-refractivity contribution in [3.8, 4) is 0 Å². The van der Waals surface area contributed by atoms with Crippen LogP contribution in [0.4, 0.5) is 0 Å². The third-order valence-electron chi connectivity index (χ3n) is 8.67. The number of aliphatic carboxylic acids is 2. The van der Waals surface area contributed by atoms with Gasteiger partial charge in [-0.3, -0.25) is 19.2 Å². The van der Waals surface area contributed by atoms with Crippen molar-refractivity contribution in [2.75, 3.05) is 29.7 Å². The van der Waals surface area contributed by atoms with Gasteiger partial charge in [0.25, 0.3) is 0 Å². The predicted octanol–water partition coefficient (Wildman–Crippen LogP) is 9.45. The highest BCUT2D eigenvalue weighted by molar-refractivity contribution is 7.99. The Hall–Kier alpha value is -1.42. The van der Waals surface area contributed by atoms with E-state index in [0.29, 0.717) is 35.9 Å². The summed E-state index contributed by atoms with van der Waals surface area (Å²) in [5, 5.41) is 24.5. The van der Waals surface area contributed by atoms with Gasteiger partial charge in [-0.05, 0) is 12.8 Å². The number of carbonyl (C=O) groups excluding carboxylic acids is 2. The second kappa shape index (κ2) is 34.4. The van der Waals surface area contributed by atoms with Crippen molar-refractivity contribution >= 4 is 47.3 Å². The Kier molecular flexibility index (Phi) is 33.4. The zero-order valence-electron chi connectivity index (χ0n) is 30.0. The lowest BCUT2D eigenvalue weighted by atomic mass is 10.0. The molecule has 0 aliphatic heterocycles. The van der Waals surface area contributed by atoms with Crippen molar-refractivity contribution in [1.29, 1.82) is 0 Å². The van der Waals surface area contributed by atoms with E-state index in [9.17, 15) is 29.4 Å². The normalized spacial score (nSPS) is 12.5. The summed E-state index contributed by atoms with van der Waals surface area (Å²) < 4.78 is 0. The standard InChI is InChI=1S/C37H70N2O6S2/c1-3-5-7-9-11-13-15-17-19-21-23-32(36(42)43)29-46-27-25-34(40)38-31-39-35(41)26-28-47-30-33(37(44)45)24-22-20-18-16-14-12-10-8-6-4-2/h32-33H,3-31H2,1-2H3,(H,38,40)(H,39,41)(H,42,43)(H,44,45). The molecule has 0 saturated heterocycles. The van der Waals surface area contributed by atoms with Crippen LogP contribution in [0, 0.1) is 11.8 Å². The van der Waals surface area contributed by atoms with Crippen LogP contribution in [0.2, 0.25) is 0 Å². The fourth-order valence-corrected chi connectivity index (χ4v) is 7.69. The first-order chi connectivity index (χ1) is 22.8. The molecule has 0 aliphatic rings. The maximum absolute atomic E-state index is 12.1. The first-order valence-corrected chi connectivity index (χ1v) is 21.3. The smallest absolute Gasteiger partial charge is 0.307 e. The Bertz CT molecular complexity index is 724. The van der Waals surface area contributed by atoms with Crippen molar-refractivity contribution in [2.24, 2.45) is 11.8 Å². The van der Waals surface area contributed by atoms with Crippen LogP contribution in [0.5, 0.6) is 0 Å². The fraction of sp³-hybridized carbons (Fsp3) is 0.892. The molecule has 10 heteroatoms. The zero-order chi connectivity index (χ0) is 34.8.